The fraction of sp³-hybridized carbons (Fsp3) is 0.857. The third-order valence-corrected chi connectivity index (χ3v) is 12.9. The summed E-state index contributed by atoms with van der Waals surface area (Å²) in [5, 5.41) is 89.9. The third kappa shape index (κ3) is 3.75. The number of hydrogen-bond acceptors (Lipinski definition) is 10. The van der Waals surface area contributed by atoms with Gasteiger partial charge in [0.2, 0.25) is 0 Å². The van der Waals surface area contributed by atoms with Crippen LogP contribution >= 0.6 is 11.8 Å². The van der Waals surface area contributed by atoms with Crippen LogP contribution in [0.3, 0.4) is 0 Å². The average Bonchev–Trinajstić information content (AvgIpc) is 3.30. The molecule has 38 heavy (non-hydrogen) atoms. The largest absolute Gasteiger partial charge is 0.509 e. The molecule has 6 aliphatic rings. The molecule has 1 heterocycles. The molecule has 6 rings (SSSR count). The van der Waals surface area contributed by atoms with Crippen molar-refractivity contribution in [1.29, 1.82) is 0 Å². The standard InChI is InChI=1S/C28H43NO8S/c1-10-18-12(17-8-11-4-2-3-5-16(11)38-17)6-7-14(30)20(18)24(33)22-19(10)23(32)13-9-15(31)21(27(29)36)25(34)28(13,37)26(22)35/h10,12-15,17-21,23-25,27,30-37H,2-9,29H2,1H3/t10-,12?,13+,14?,15?,17?,18?,19+,20?,21?,23+,24?,25?,27?,28+/m0/s1. The van der Waals surface area contributed by atoms with E-state index in [-0.39, 0.29) is 29.7 Å². The SMILES string of the molecule is C[C@H]1C2C(C3CC4=C(CCCC4)S3)CCC(O)C2C(O)C2=C(O)[C@]3(O)C(O)C(C(N)O)C(O)C[C@@H]3[C@@H](O)[C@@H]21. The van der Waals surface area contributed by atoms with Gasteiger partial charge in [-0.2, -0.15) is 0 Å². The third-order valence-electron chi connectivity index (χ3n) is 11.3. The summed E-state index contributed by atoms with van der Waals surface area (Å²) in [6, 6.07) is 0. The van der Waals surface area contributed by atoms with Crippen LogP contribution in [0.2, 0.25) is 0 Å². The number of nitrogens with two attached hydrogens (primary N) is 1. The van der Waals surface area contributed by atoms with Crippen molar-refractivity contribution in [2.75, 3.05) is 0 Å². The first-order valence-corrected chi connectivity index (χ1v) is 15.2. The molecule has 1 aliphatic heterocycles. The molecule has 0 amide bonds. The van der Waals surface area contributed by atoms with E-state index in [4.69, 9.17) is 5.73 Å². The minimum Gasteiger partial charge on any atom is -0.509 e. The Labute approximate surface area is 227 Å². The molecule has 0 aromatic carbocycles. The molecule has 10 heteroatoms. The molecule has 0 bridgehead atoms. The van der Waals surface area contributed by atoms with Crippen molar-refractivity contribution >= 4 is 11.8 Å². The van der Waals surface area contributed by atoms with Gasteiger partial charge in [0.25, 0.3) is 0 Å². The van der Waals surface area contributed by atoms with Gasteiger partial charge in [-0.25, -0.2) is 0 Å². The Bertz CT molecular complexity index is 1000. The quantitative estimate of drug-likeness (QED) is 0.218. The minimum absolute atomic E-state index is 0.0573. The predicted octanol–water partition coefficient (Wildman–Crippen LogP) is 0.503. The zero-order valence-electron chi connectivity index (χ0n) is 21.8. The summed E-state index contributed by atoms with van der Waals surface area (Å²) in [6.07, 6.45) is -1.29. The van der Waals surface area contributed by atoms with Crippen molar-refractivity contribution in [2.45, 2.75) is 106 Å². The normalized spacial score (nSPS) is 53.7. The Hall–Kier alpha value is -0.690. The fourth-order valence-corrected chi connectivity index (χ4v) is 11.3. The van der Waals surface area contributed by atoms with E-state index in [0.29, 0.717) is 11.7 Å². The summed E-state index contributed by atoms with van der Waals surface area (Å²) in [6.45, 7) is 2.00. The lowest BCUT2D eigenvalue weighted by Crippen LogP contribution is -2.71. The first-order chi connectivity index (χ1) is 18.0. The summed E-state index contributed by atoms with van der Waals surface area (Å²) in [7, 11) is 0. The van der Waals surface area contributed by atoms with Gasteiger partial charge in [-0.15, -0.1) is 11.8 Å². The van der Waals surface area contributed by atoms with Gasteiger partial charge in [0.05, 0.1) is 36.4 Å². The van der Waals surface area contributed by atoms with Crippen LogP contribution in [0.1, 0.15) is 58.3 Å². The van der Waals surface area contributed by atoms with E-state index in [1.807, 2.05) is 18.7 Å². The van der Waals surface area contributed by atoms with Gasteiger partial charge in [-0.05, 0) is 74.0 Å². The first-order valence-electron chi connectivity index (χ1n) is 14.4. The Kier molecular flexibility index (Phi) is 7.02. The summed E-state index contributed by atoms with van der Waals surface area (Å²) >= 11 is 1.96. The molecule has 0 spiro atoms. The number of fused-ring (bicyclic) bond motifs is 3. The molecule has 0 aromatic rings. The smallest absolute Gasteiger partial charge is 0.153 e. The van der Waals surface area contributed by atoms with Crippen molar-refractivity contribution in [3.8, 4) is 0 Å². The molecule has 0 aromatic heterocycles. The number of aliphatic hydroxyl groups is 8. The van der Waals surface area contributed by atoms with Gasteiger partial charge in [0, 0.05) is 28.6 Å². The summed E-state index contributed by atoms with van der Waals surface area (Å²) in [4.78, 5) is 1.51. The lowest BCUT2D eigenvalue weighted by Gasteiger charge is -2.61. The maximum Gasteiger partial charge on any atom is 0.153 e. The zero-order valence-corrected chi connectivity index (χ0v) is 22.6. The van der Waals surface area contributed by atoms with Crippen LogP contribution in [0, 0.1) is 41.4 Å². The summed E-state index contributed by atoms with van der Waals surface area (Å²) < 4.78 is 0. The van der Waals surface area contributed by atoms with E-state index in [9.17, 15) is 40.9 Å². The molecule has 10 N–H and O–H groups in total. The maximum absolute atomic E-state index is 11.7. The second kappa shape index (κ2) is 9.70. The average molecular weight is 554 g/mol. The monoisotopic (exact) mass is 553 g/mol. The van der Waals surface area contributed by atoms with Crippen LogP contribution in [0.15, 0.2) is 21.8 Å². The molecule has 214 valence electrons. The van der Waals surface area contributed by atoms with E-state index in [1.165, 1.54) is 17.7 Å². The molecule has 0 radical (unpaired) electrons. The van der Waals surface area contributed by atoms with Crippen molar-refractivity contribution in [1.82, 2.24) is 0 Å². The molecule has 3 fully saturated rings. The van der Waals surface area contributed by atoms with Crippen molar-refractivity contribution < 1.29 is 40.9 Å². The van der Waals surface area contributed by atoms with E-state index < -0.39 is 71.8 Å². The molecule has 15 atom stereocenters. The Morgan fingerprint density at radius 2 is 1.71 bits per heavy atom. The maximum atomic E-state index is 11.7. The number of hydrogen-bond donors (Lipinski definition) is 9. The van der Waals surface area contributed by atoms with Crippen LogP contribution in [0.4, 0.5) is 0 Å². The highest BCUT2D eigenvalue weighted by Crippen LogP contribution is 2.62. The predicted molar refractivity (Wildman–Crippen MR) is 140 cm³/mol. The summed E-state index contributed by atoms with van der Waals surface area (Å²) in [5.41, 5.74) is 4.81. The van der Waals surface area contributed by atoms with Crippen LogP contribution < -0.4 is 5.73 Å². The number of aliphatic hydroxyl groups excluding tert-OH is 7. The summed E-state index contributed by atoms with van der Waals surface area (Å²) in [5.74, 6) is -4.50. The fourth-order valence-electron chi connectivity index (χ4n) is 9.54. The van der Waals surface area contributed by atoms with E-state index >= 15 is 0 Å². The van der Waals surface area contributed by atoms with Gasteiger partial charge in [-0.3, -0.25) is 0 Å². The zero-order chi connectivity index (χ0) is 27.3. The highest BCUT2D eigenvalue weighted by Gasteiger charge is 2.67. The first kappa shape index (κ1) is 27.5. The topological polar surface area (TPSA) is 188 Å². The number of rotatable bonds is 2. The Balaban J connectivity index is 1.39. The van der Waals surface area contributed by atoms with Gasteiger partial charge < -0.3 is 46.6 Å². The molecule has 0 saturated heterocycles. The van der Waals surface area contributed by atoms with Crippen LogP contribution in [-0.4, -0.2) is 88.5 Å². The molecule has 10 unspecified atom stereocenters. The van der Waals surface area contributed by atoms with Gasteiger partial charge >= 0.3 is 0 Å². The molecule has 9 nitrogen and oxygen atoms in total. The number of thioether (sulfide) groups is 1. The van der Waals surface area contributed by atoms with E-state index in [1.54, 1.807) is 5.57 Å². The van der Waals surface area contributed by atoms with Gasteiger partial charge in [0.1, 0.15) is 12.0 Å². The lowest BCUT2D eigenvalue weighted by atomic mass is 9.48. The highest BCUT2D eigenvalue weighted by molar-refractivity contribution is 8.04. The second-order valence-corrected chi connectivity index (χ2v) is 14.3. The lowest BCUT2D eigenvalue weighted by molar-refractivity contribution is -0.241. The minimum atomic E-state index is -2.40. The van der Waals surface area contributed by atoms with Crippen molar-refractivity contribution in [3.63, 3.8) is 0 Å². The molecule has 5 aliphatic carbocycles. The molecule has 3 saturated carbocycles. The Morgan fingerprint density at radius 3 is 2.39 bits per heavy atom. The Morgan fingerprint density at radius 1 is 1.00 bits per heavy atom. The van der Waals surface area contributed by atoms with Crippen molar-refractivity contribution in [2.24, 2.45) is 47.2 Å². The van der Waals surface area contributed by atoms with Crippen LogP contribution in [0.5, 0.6) is 0 Å². The number of allylic oxidation sites excluding steroid dienone is 2. The van der Waals surface area contributed by atoms with Gasteiger partial charge in [0.15, 0.2) is 5.60 Å². The van der Waals surface area contributed by atoms with Gasteiger partial charge in [-0.1, -0.05) is 12.5 Å². The van der Waals surface area contributed by atoms with Crippen molar-refractivity contribution in [3.05, 3.63) is 21.8 Å². The molecular formula is C28H43NO8S. The highest BCUT2D eigenvalue weighted by atomic mass is 32.2. The molecular weight excluding hydrogens is 510 g/mol. The van der Waals surface area contributed by atoms with E-state index in [2.05, 4.69) is 0 Å². The van der Waals surface area contributed by atoms with Crippen LogP contribution in [0.25, 0.3) is 0 Å². The van der Waals surface area contributed by atoms with Crippen LogP contribution in [-0.2, 0) is 0 Å². The van der Waals surface area contributed by atoms with E-state index in [0.717, 1.165) is 25.7 Å². The second-order valence-electron chi connectivity index (χ2n) is 12.9.